The molecular formula is C22H30FN3P2S. The van der Waals surface area contributed by atoms with Gasteiger partial charge < -0.3 is 15.5 Å². The summed E-state index contributed by atoms with van der Waals surface area (Å²) in [5.41, 5.74) is 8.82. The standard InChI is InChI=1S/C22H30FN3P2S/c23-22(27,28)17-6-7-21-19(14-17)26(18-4-1-2-5-20(18)29-21)11-3-10-25-12-8-16(15-24)9-13-25/h1-2,4-7,14,16H,3,8-13,15,24,27-28H2. The largest absolute Gasteiger partial charge is 0.340 e. The van der Waals surface area contributed by atoms with E-state index < -0.39 is 5.15 Å². The molecule has 0 aliphatic carbocycles. The highest BCUT2D eigenvalue weighted by Gasteiger charge is 2.27. The van der Waals surface area contributed by atoms with Crippen LogP contribution in [0.4, 0.5) is 15.8 Å². The highest BCUT2D eigenvalue weighted by atomic mass is 32.2. The molecule has 0 aromatic heterocycles. The fourth-order valence-electron chi connectivity index (χ4n) is 4.21. The summed E-state index contributed by atoms with van der Waals surface area (Å²) in [4.78, 5) is 7.39. The van der Waals surface area contributed by atoms with Gasteiger partial charge in [0.25, 0.3) is 0 Å². The number of piperidine rings is 1. The SMILES string of the molecule is NCC1CCN(CCCN2c3ccccc3Sc3ccc(C(F)(P)P)cc32)CC1. The Labute approximate surface area is 182 Å². The van der Waals surface area contributed by atoms with Crippen LogP contribution in [-0.4, -0.2) is 37.6 Å². The average molecular weight is 450 g/mol. The highest BCUT2D eigenvalue weighted by molar-refractivity contribution is 7.99. The van der Waals surface area contributed by atoms with Crippen LogP contribution in [0.2, 0.25) is 0 Å². The molecule has 0 radical (unpaired) electrons. The zero-order valence-corrected chi connectivity index (χ0v) is 19.8. The van der Waals surface area contributed by atoms with Gasteiger partial charge in [-0.15, -0.1) is 0 Å². The molecule has 2 aromatic carbocycles. The molecule has 0 amide bonds. The van der Waals surface area contributed by atoms with Crippen molar-refractivity contribution in [1.29, 1.82) is 0 Å². The van der Waals surface area contributed by atoms with Gasteiger partial charge in [0.1, 0.15) is 0 Å². The molecule has 1 fully saturated rings. The molecule has 7 heteroatoms. The van der Waals surface area contributed by atoms with E-state index in [1.807, 2.05) is 12.1 Å². The second-order valence-electron chi connectivity index (χ2n) is 8.05. The normalized spacial score (nSPS) is 17.9. The van der Waals surface area contributed by atoms with Crippen molar-refractivity contribution in [2.75, 3.05) is 37.6 Å². The monoisotopic (exact) mass is 449 g/mol. The average Bonchev–Trinajstić information content (AvgIpc) is 2.72. The first-order valence-electron chi connectivity index (χ1n) is 10.3. The smallest absolute Gasteiger partial charge is 0.160 e. The van der Waals surface area contributed by atoms with Gasteiger partial charge in [-0.2, -0.15) is 0 Å². The van der Waals surface area contributed by atoms with Crippen molar-refractivity contribution >= 4 is 41.6 Å². The van der Waals surface area contributed by atoms with Gasteiger partial charge in [0, 0.05) is 16.3 Å². The van der Waals surface area contributed by atoms with Crippen molar-refractivity contribution in [2.45, 2.75) is 34.2 Å². The van der Waals surface area contributed by atoms with E-state index in [-0.39, 0.29) is 0 Å². The van der Waals surface area contributed by atoms with Gasteiger partial charge in [-0.05, 0) is 81.2 Å². The Balaban J connectivity index is 1.51. The third-order valence-corrected chi connectivity index (χ3v) is 7.76. The number of nitrogens with zero attached hydrogens (tertiary/aromatic N) is 2. The third-order valence-electron chi connectivity index (χ3n) is 5.96. The molecule has 1 saturated heterocycles. The Morgan fingerprint density at radius 1 is 1.03 bits per heavy atom. The van der Waals surface area contributed by atoms with Crippen molar-refractivity contribution in [1.82, 2.24) is 4.90 Å². The summed E-state index contributed by atoms with van der Waals surface area (Å²) >= 11 is 1.77. The molecule has 2 aliphatic rings. The summed E-state index contributed by atoms with van der Waals surface area (Å²) < 4.78 is 14.6. The van der Waals surface area contributed by atoms with Crippen LogP contribution in [0.3, 0.4) is 0 Å². The maximum Gasteiger partial charge on any atom is 0.160 e. The van der Waals surface area contributed by atoms with E-state index in [1.54, 1.807) is 11.8 Å². The number of hydrogen-bond donors (Lipinski definition) is 1. The lowest BCUT2D eigenvalue weighted by Crippen LogP contribution is -2.37. The molecule has 29 heavy (non-hydrogen) atoms. The summed E-state index contributed by atoms with van der Waals surface area (Å²) in [5.74, 6) is 0.697. The van der Waals surface area contributed by atoms with Gasteiger partial charge in [-0.3, -0.25) is 0 Å². The molecule has 3 nitrogen and oxygen atoms in total. The lowest BCUT2D eigenvalue weighted by atomic mass is 9.97. The molecule has 2 N–H and O–H groups in total. The summed E-state index contributed by atoms with van der Waals surface area (Å²) in [5, 5.41) is -1.50. The maximum absolute atomic E-state index is 14.6. The first kappa shape index (κ1) is 21.5. The molecular weight excluding hydrogens is 419 g/mol. The molecule has 2 aromatic rings. The van der Waals surface area contributed by atoms with Crippen LogP contribution in [0.1, 0.15) is 24.8 Å². The van der Waals surface area contributed by atoms with Crippen LogP contribution >= 0.6 is 30.2 Å². The lowest BCUT2D eigenvalue weighted by Gasteiger charge is -2.35. The topological polar surface area (TPSA) is 32.5 Å². The molecule has 0 spiro atoms. The molecule has 0 bridgehead atoms. The fraction of sp³-hybridized carbons (Fsp3) is 0.455. The Kier molecular flexibility index (Phi) is 6.83. The number of para-hydroxylation sites is 1. The minimum atomic E-state index is -1.50. The van der Waals surface area contributed by atoms with Crippen LogP contribution in [0, 0.1) is 5.92 Å². The quantitative estimate of drug-likeness (QED) is 0.616. The number of alkyl halides is 1. The summed E-state index contributed by atoms with van der Waals surface area (Å²) in [6.45, 7) is 5.14. The van der Waals surface area contributed by atoms with Gasteiger partial charge >= 0.3 is 0 Å². The zero-order valence-electron chi connectivity index (χ0n) is 16.7. The zero-order chi connectivity index (χ0) is 20.4. The van der Waals surface area contributed by atoms with Crippen LogP contribution in [0.5, 0.6) is 0 Å². The van der Waals surface area contributed by atoms with E-state index in [4.69, 9.17) is 5.73 Å². The number of halogens is 1. The first-order chi connectivity index (χ1) is 14.0. The van der Waals surface area contributed by atoms with Gasteiger partial charge in [0.05, 0.1) is 11.4 Å². The van der Waals surface area contributed by atoms with Crippen LogP contribution in [-0.2, 0) is 5.15 Å². The third kappa shape index (κ3) is 4.97. The van der Waals surface area contributed by atoms with Gasteiger partial charge in [-0.25, -0.2) is 4.39 Å². The Morgan fingerprint density at radius 3 is 2.48 bits per heavy atom. The molecule has 2 unspecified atom stereocenters. The fourth-order valence-corrected chi connectivity index (χ4v) is 5.64. The number of anilines is 2. The molecule has 2 heterocycles. The number of fused-ring (bicyclic) bond motifs is 2. The van der Waals surface area contributed by atoms with Crippen molar-refractivity contribution in [3.63, 3.8) is 0 Å². The summed E-state index contributed by atoms with van der Waals surface area (Å²) in [7, 11) is 4.56. The van der Waals surface area contributed by atoms with Gasteiger partial charge in [0.15, 0.2) is 5.15 Å². The second-order valence-corrected chi connectivity index (χ2v) is 11.5. The van der Waals surface area contributed by atoms with Crippen molar-refractivity contribution in [3.05, 3.63) is 48.0 Å². The maximum atomic E-state index is 14.6. The minimum Gasteiger partial charge on any atom is -0.340 e. The number of hydrogen-bond acceptors (Lipinski definition) is 4. The minimum absolute atomic E-state index is 0.667. The molecule has 2 aliphatic heterocycles. The predicted octanol–water partition coefficient (Wildman–Crippen LogP) is 5.18. The van der Waals surface area contributed by atoms with E-state index in [9.17, 15) is 4.39 Å². The van der Waals surface area contributed by atoms with E-state index in [1.165, 1.54) is 28.3 Å². The van der Waals surface area contributed by atoms with Crippen molar-refractivity contribution in [2.24, 2.45) is 11.7 Å². The van der Waals surface area contributed by atoms with Crippen molar-refractivity contribution < 1.29 is 4.39 Å². The number of benzene rings is 2. The van der Waals surface area contributed by atoms with E-state index in [2.05, 4.69) is 58.6 Å². The Bertz CT molecular complexity index is 850. The molecule has 2 atom stereocenters. The lowest BCUT2D eigenvalue weighted by molar-refractivity contribution is 0.186. The molecule has 0 saturated carbocycles. The highest BCUT2D eigenvalue weighted by Crippen LogP contribution is 2.50. The van der Waals surface area contributed by atoms with E-state index in [0.29, 0.717) is 11.5 Å². The van der Waals surface area contributed by atoms with Crippen molar-refractivity contribution in [3.8, 4) is 0 Å². The second kappa shape index (κ2) is 9.20. The Hall–Kier alpha value is -0.700. The molecule has 156 valence electrons. The number of rotatable bonds is 6. The number of nitrogens with two attached hydrogens (primary N) is 1. The summed E-state index contributed by atoms with van der Waals surface area (Å²) in [6, 6.07) is 14.5. The van der Waals surface area contributed by atoms with Gasteiger partial charge in [-0.1, -0.05) is 48.4 Å². The first-order valence-corrected chi connectivity index (χ1v) is 12.3. The van der Waals surface area contributed by atoms with Gasteiger partial charge in [0.2, 0.25) is 0 Å². The number of likely N-dealkylation sites (tertiary alicyclic amines) is 1. The van der Waals surface area contributed by atoms with Crippen LogP contribution < -0.4 is 10.6 Å². The summed E-state index contributed by atoms with van der Waals surface area (Å²) in [6.07, 6.45) is 3.51. The van der Waals surface area contributed by atoms with Crippen LogP contribution in [0.15, 0.2) is 52.3 Å². The van der Waals surface area contributed by atoms with Crippen LogP contribution in [0.25, 0.3) is 0 Å². The van der Waals surface area contributed by atoms with E-state index >= 15 is 0 Å². The predicted molar refractivity (Wildman–Crippen MR) is 129 cm³/mol. The van der Waals surface area contributed by atoms with E-state index in [0.717, 1.165) is 44.8 Å². The molecule has 4 rings (SSSR count). The Morgan fingerprint density at radius 2 is 1.76 bits per heavy atom.